The number of nitrogens with one attached hydrogen (secondary N) is 1. The summed E-state index contributed by atoms with van der Waals surface area (Å²) in [6, 6.07) is 4.40. The van der Waals surface area contributed by atoms with Crippen LogP contribution in [0.15, 0.2) is 12.1 Å². The number of ether oxygens (including phenoxy) is 1. The molecule has 0 aromatic carbocycles. The van der Waals surface area contributed by atoms with Gasteiger partial charge in [-0.15, -0.1) is 10.2 Å². The third kappa shape index (κ3) is 2.78. The number of hydrogen-bond acceptors (Lipinski definition) is 4. The van der Waals surface area contributed by atoms with Crippen molar-refractivity contribution in [2.45, 2.75) is 18.9 Å². The Labute approximate surface area is 96.6 Å². The monoisotopic (exact) mass is 305 g/mol. The Hall–Kier alpha value is -0.430. The van der Waals surface area contributed by atoms with E-state index in [9.17, 15) is 0 Å². The summed E-state index contributed by atoms with van der Waals surface area (Å²) in [7, 11) is 0. The van der Waals surface area contributed by atoms with E-state index < -0.39 is 0 Å². The Morgan fingerprint density at radius 2 is 2.07 bits per heavy atom. The van der Waals surface area contributed by atoms with E-state index in [1.165, 1.54) is 0 Å². The molecule has 1 fully saturated rings. The quantitative estimate of drug-likeness (QED) is 0.845. The van der Waals surface area contributed by atoms with Gasteiger partial charge in [0.2, 0.25) is 0 Å². The van der Waals surface area contributed by atoms with Crippen LogP contribution in [0.4, 0.5) is 5.82 Å². The molecule has 0 aliphatic carbocycles. The first-order valence-electron chi connectivity index (χ1n) is 4.68. The average Bonchev–Trinajstić information content (AvgIpc) is 2.23. The normalized spacial score (nSPS) is 18.1. The van der Waals surface area contributed by atoms with Crippen LogP contribution < -0.4 is 5.32 Å². The summed E-state index contributed by atoms with van der Waals surface area (Å²) in [6.45, 7) is 1.69. The predicted molar refractivity (Wildman–Crippen MR) is 62.2 cm³/mol. The Balaban J connectivity index is 1.92. The highest BCUT2D eigenvalue weighted by Crippen LogP contribution is 2.12. The maximum atomic E-state index is 5.28. The summed E-state index contributed by atoms with van der Waals surface area (Å²) in [5.74, 6) is 0.859. The SMILES string of the molecule is Ic1ccc(NC2CCOCC2)nn1. The molecule has 14 heavy (non-hydrogen) atoms. The molecule has 0 bridgehead atoms. The number of nitrogens with zero attached hydrogens (tertiary/aromatic N) is 2. The lowest BCUT2D eigenvalue weighted by atomic mass is 10.1. The zero-order valence-corrected chi connectivity index (χ0v) is 9.90. The van der Waals surface area contributed by atoms with Crippen LogP contribution in [0.5, 0.6) is 0 Å². The number of aromatic nitrogens is 2. The van der Waals surface area contributed by atoms with Crippen LogP contribution in [-0.2, 0) is 4.74 Å². The van der Waals surface area contributed by atoms with Gasteiger partial charge in [-0.1, -0.05) is 0 Å². The van der Waals surface area contributed by atoms with E-state index >= 15 is 0 Å². The lowest BCUT2D eigenvalue weighted by Crippen LogP contribution is -2.28. The molecule has 1 aliphatic heterocycles. The van der Waals surface area contributed by atoms with Crippen molar-refractivity contribution in [3.8, 4) is 0 Å². The van der Waals surface area contributed by atoms with Gasteiger partial charge in [0, 0.05) is 19.3 Å². The Morgan fingerprint density at radius 3 is 2.71 bits per heavy atom. The highest BCUT2D eigenvalue weighted by atomic mass is 127. The van der Waals surface area contributed by atoms with Crippen molar-refractivity contribution in [2.75, 3.05) is 18.5 Å². The molecule has 1 aromatic rings. The maximum Gasteiger partial charge on any atom is 0.148 e. The van der Waals surface area contributed by atoms with Crippen molar-refractivity contribution in [2.24, 2.45) is 0 Å². The largest absolute Gasteiger partial charge is 0.381 e. The van der Waals surface area contributed by atoms with Gasteiger partial charge in [0.1, 0.15) is 9.52 Å². The van der Waals surface area contributed by atoms with Crippen LogP contribution in [0.1, 0.15) is 12.8 Å². The Kier molecular flexibility index (Phi) is 3.52. The summed E-state index contributed by atoms with van der Waals surface area (Å²) >= 11 is 2.15. The van der Waals surface area contributed by atoms with Crippen LogP contribution in [0.3, 0.4) is 0 Å². The van der Waals surface area contributed by atoms with E-state index in [1.807, 2.05) is 12.1 Å². The molecule has 4 nitrogen and oxygen atoms in total. The van der Waals surface area contributed by atoms with E-state index in [2.05, 4.69) is 38.1 Å². The molecule has 0 unspecified atom stereocenters. The van der Waals surface area contributed by atoms with Gasteiger partial charge >= 0.3 is 0 Å². The van der Waals surface area contributed by atoms with Crippen molar-refractivity contribution < 1.29 is 4.74 Å². The second kappa shape index (κ2) is 4.88. The lowest BCUT2D eigenvalue weighted by molar-refractivity contribution is 0.0903. The smallest absolute Gasteiger partial charge is 0.148 e. The molecule has 1 saturated heterocycles. The highest BCUT2D eigenvalue weighted by Gasteiger charge is 2.13. The molecule has 2 heterocycles. The van der Waals surface area contributed by atoms with Crippen LogP contribution in [0.2, 0.25) is 0 Å². The zero-order chi connectivity index (χ0) is 9.80. The van der Waals surface area contributed by atoms with E-state index in [1.54, 1.807) is 0 Å². The van der Waals surface area contributed by atoms with Gasteiger partial charge in [-0.2, -0.15) is 0 Å². The van der Waals surface area contributed by atoms with Gasteiger partial charge in [-0.25, -0.2) is 0 Å². The third-order valence-electron chi connectivity index (χ3n) is 2.21. The Bertz CT molecular complexity index is 285. The van der Waals surface area contributed by atoms with Crippen LogP contribution in [-0.4, -0.2) is 29.5 Å². The number of hydrogen-bond donors (Lipinski definition) is 1. The van der Waals surface area contributed by atoms with E-state index in [0.717, 1.165) is 35.6 Å². The van der Waals surface area contributed by atoms with E-state index in [-0.39, 0.29) is 0 Å². The lowest BCUT2D eigenvalue weighted by Gasteiger charge is -2.23. The Morgan fingerprint density at radius 1 is 1.29 bits per heavy atom. The highest BCUT2D eigenvalue weighted by molar-refractivity contribution is 14.1. The minimum Gasteiger partial charge on any atom is -0.381 e. The minimum atomic E-state index is 0.484. The third-order valence-corrected chi connectivity index (χ3v) is 2.78. The van der Waals surface area contributed by atoms with Crippen molar-refractivity contribution in [3.05, 3.63) is 15.8 Å². The zero-order valence-electron chi connectivity index (χ0n) is 7.74. The summed E-state index contributed by atoms with van der Waals surface area (Å²) in [5.41, 5.74) is 0. The molecule has 1 N–H and O–H groups in total. The number of halogens is 1. The van der Waals surface area contributed by atoms with Crippen molar-refractivity contribution in [1.29, 1.82) is 0 Å². The molecule has 5 heteroatoms. The summed E-state index contributed by atoms with van der Waals surface area (Å²) < 4.78 is 6.20. The summed E-state index contributed by atoms with van der Waals surface area (Å²) in [6.07, 6.45) is 2.10. The summed E-state index contributed by atoms with van der Waals surface area (Å²) in [5, 5.41) is 11.4. The molecule has 0 atom stereocenters. The number of anilines is 1. The van der Waals surface area contributed by atoms with Gasteiger partial charge < -0.3 is 10.1 Å². The first kappa shape index (κ1) is 10.1. The first-order chi connectivity index (χ1) is 6.84. The predicted octanol–water partition coefficient (Wildman–Crippen LogP) is 1.67. The molecule has 0 spiro atoms. The molecular weight excluding hydrogens is 293 g/mol. The van der Waals surface area contributed by atoms with Gasteiger partial charge in [-0.3, -0.25) is 0 Å². The van der Waals surface area contributed by atoms with E-state index in [4.69, 9.17) is 4.74 Å². The van der Waals surface area contributed by atoms with Crippen LogP contribution in [0, 0.1) is 3.70 Å². The molecule has 76 valence electrons. The van der Waals surface area contributed by atoms with Gasteiger partial charge in [0.25, 0.3) is 0 Å². The first-order valence-corrected chi connectivity index (χ1v) is 5.76. The molecule has 2 rings (SSSR count). The van der Waals surface area contributed by atoms with Crippen molar-refractivity contribution >= 4 is 28.4 Å². The fraction of sp³-hybridized carbons (Fsp3) is 0.556. The summed E-state index contributed by atoms with van der Waals surface area (Å²) in [4.78, 5) is 0. The van der Waals surface area contributed by atoms with Gasteiger partial charge in [0.05, 0.1) is 0 Å². The molecule has 1 aromatic heterocycles. The van der Waals surface area contributed by atoms with E-state index in [0.29, 0.717) is 6.04 Å². The molecule has 0 radical (unpaired) electrons. The maximum absolute atomic E-state index is 5.28. The van der Waals surface area contributed by atoms with Crippen LogP contribution in [0.25, 0.3) is 0 Å². The second-order valence-corrected chi connectivity index (χ2v) is 4.38. The molecule has 0 amide bonds. The standard InChI is InChI=1S/C9H12IN3O/c10-8-1-2-9(13-12-8)11-7-3-5-14-6-4-7/h1-2,7H,3-6H2,(H,11,13). The second-order valence-electron chi connectivity index (χ2n) is 3.27. The average molecular weight is 305 g/mol. The molecular formula is C9H12IN3O. The van der Waals surface area contributed by atoms with Crippen LogP contribution >= 0.6 is 22.6 Å². The van der Waals surface area contributed by atoms with Gasteiger partial charge in [0.15, 0.2) is 0 Å². The molecule has 0 saturated carbocycles. The fourth-order valence-corrected chi connectivity index (χ4v) is 1.73. The topological polar surface area (TPSA) is 47.0 Å². The minimum absolute atomic E-state index is 0.484. The van der Waals surface area contributed by atoms with Gasteiger partial charge in [-0.05, 0) is 47.6 Å². The number of rotatable bonds is 2. The fourth-order valence-electron chi connectivity index (χ4n) is 1.44. The molecule has 1 aliphatic rings. The van der Waals surface area contributed by atoms with Crippen molar-refractivity contribution in [3.63, 3.8) is 0 Å². The van der Waals surface area contributed by atoms with Crippen molar-refractivity contribution in [1.82, 2.24) is 10.2 Å².